The third kappa shape index (κ3) is 4.90. The van der Waals surface area contributed by atoms with Crippen LogP contribution in [0.15, 0.2) is 103 Å². The minimum atomic E-state index is -0.994. The SMILES string of the molecule is C[C@H](NC(=O)c1cc(-c2ccccc2)cc2nnc(Cc3ccc4ncccc4c3)n12)c1ccc(C(=O)O)cc1. The van der Waals surface area contributed by atoms with Crippen LogP contribution in [-0.4, -0.2) is 36.6 Å². The Kier molecular flexibility index (Phi) is 6.49. The molecule has 0 bridgehead atoms. The van der Waals surface area contributed by atoms with Gasteiger partial charge in [-0.25, -0.2) is 4.79 Å². The second kappa shape index (κ2) is 10.4. The van der Waals surface area contributed by atoms with Crippen LogP contribution in [0.1, 0.15) is 50.8 Å². The number of amides is 1. The number of nitrogens with one attached hydrogen (secondary N) is 1. The summed E-state index contributed by atoms with van der Waals surface area (Å²) in [6.07, 6.45) is 2.24. The van der Waals surface area contributed by atoms with Gasteiger partial charge in [-0.2, -0.15) is 0 Å². The van der Waals surface area contributed by atoms with E-state index in [2.05, 4.69) is 26.6 Å². The number of fused-ring (bicyclic) bond motifs is 2. The predicted octanol–water partition coefficient (Wildman–Crippen LogP) is 5.72. The average Bonchev–Trinajstić information content (AvgIpc) is 3.39. The molecule has 3 aromatic carbocycles. The van der Waals surface area contributed by atoms with E-state index < -0.39 is 5.97 Å². The van der Waals surface area contributed by atoms with E-state index in [4.69, 9.17) is 0 Å². The molecule has 0 saturated heterocycles. The summed E-state index contributed by atoms with van der Waals surface area (Å²) in [7, 11) is 0. The highest BCUT2D eigenvalue weighted by Crippen LogP contribution is 2.25. The van der Waals surface area contributed by atoms with Crippen molar-refractivity contribution in [2.24, 2.45) is 0 Å². The number of rotatable bonds is 7. The molecule has 2 N–H and O–H groups in total. The molecule has 6 rings (SSSR count). The Morgan fingerprint density at radius 1 is 0.875 bits per heavy atom. The van der Waals surface area contributed by atoms with Crippen LogP contribution in [0.4, 0.5) is 0 Å². The van der Waals surface area contributed by atoms with E-state index in [0.717, 1.165) is 33.2 Å². The van der Waals surface area contributed by atoms with Crippen molar-refractivity contribution in [1.82, 2.24) is 24.9 Å². The lowest BCUT2D eigenvalue weighted by Gasteiger charge is -2.17. The van der Waals surface area contributed by atoms with Crippen LogP contribution >= 0.6 is 0 Å². The highest BCUT2D eigenvalue weighted by atomic mass is 16.4. The zero-order valence-electron chi connectivity index (χ0n) is 21.7. The number of carbonyl (C=O) groups is 2. The smallest absolute Gasteiger partial charge is 0.335 e. The Morgan fingerprint density at radius 2 is 1.68 bits per heavy atom. The number of hydrogen-bond acceptors (Lipinski definition) is 5. The molecule has 0 aliphatic carbocycles. The molecule has 0 saturated carbocycles. The van der Waals surface area contributed by atoms with Crippen molar-refractivity contribution in [2.45, 2.75) is 19.4 Å². The summed E-state index contributed by atoms with van der Waals surface area (Å²) in [6.45, 7) is 1.86. The van der Waals surface area contributed by atoms with Crippen LogP contribution in [0.25, 0.3) is 27.7 Å². The molecule has 0 radical (unpaired) electrons. The maximum Gasteiger partial charge on any atom is 0.335 e. The van der Waals surface area contributed by atoms with Crippen molar-refractivity contribution in [2.75, 3.05) is 0 Å². The van der Waals surface area contributed by atoms with Gasteiger partial charge in [0.2, 0.25) is 0 Å². The number of nitrogens with zero attached hydrogens (tertiary/aromatic N) is 4. The molecule has 0 spiro atoms. The van der Waals surface area contributed by atoms with Crippen LogP contribution in [0.2, 0.25) is 0 Å². The van der Waals surface area contributed by atoms with Crippen molar-refractivity contribution in [3.8, 4) is 11.1 Å². The van der Waals surface area contributed by atoms with Crippen LogP contribution in [0.5, 0.6) is 0 Å². The Labute approximate surface area is 230 Å². The van der Waals surface area contributed by atoms with Crippen molar-refractivity contribution in [3.05, 3.63) is 131 Å². The van der Waals surface area contributed by atoms with E-state index in [-0.39, 0.29) is 17.5 Å². The van der Waals surface area contributed by atoms with Gasteiger partial charge in [-0.3, -0.25) is 14.2 Å². The molecule has 1 atom stereocenters. The summed E-state index contributed by atoms with van der Waals surface area (Å²) in [4.78, 5) is 29.4. The highest BCUT2D eigenvalue weighted by Gasteiger charge is 2.20. The van der Waals surface area contributed by atoms with Gasteiger partial charge in [0.05, 0.1) is 17.1 Å². The molecule has 40 heavy (non-hydrogen) atoms. The molecule has 8 nitrogen and oxygen atoms in total. The van der Waals surface area contributed by atoms with Gasteiger partial charge >= 0.3 is 5.97 Å². The number of pyridine rings is 2. The molecule has 3 heterocycles. The Balaban J connectivity index is 1.39. The summed E-state index contributed by atoms with van der Waals surface area (Å²) in [5, 5.41) is 22.2. The fourth-order valence-electron chi connectivity index (χ4n) is 4.84. The van der Waals surface area contributed by atoms with Gasteiger partial charge in [-0.05, 0) is 71.6 Å². The Morgan fingerprint density at radius 3 is 2.45 bits per heavy atom. The molecule has 6 aromatic rings. The quantitative estimate of drug-likeness (QED) is 0.275. The van der Waals surface area contributed by atoms with Gasteiger partial charge < -0.3 is 10.4 Å². The first-order chi connectivity index (χ1) is 19.5. The normalized spacial score (nSPS) is 11.9. The van der Waals surface area contributed by atoms with Crippen molar-refractivity contribution < 1.29 is 14.7 Å². The zero-order chi connectivity index (χ0) is 27.6. The summed E-state index contributed by atoms with van der Waals surface area (Å²) >= 11 is 0. The van der Waals surface area contributed by atoms with Gasteiger partial charge in [0.1, 0.15) is 11.5 Å². The number of carboxylic acids is 1. The number of carboxylic acid groups (broad SMARTS) is 1. The summed E-state index contributed by atoms with van der Waals surface area (Å²) in [5.41, 5.74) is 5.72. The fraction of sp³-hybridized carbons (Fsp3) is 0.0938. The van der Waals surface area contributed by atoms with Gasteiger partial charge in [-0.1, -0.05) is 54.6 Å². The van der Waals surface area contributed by atoms with E-state index in [0.29, 0.717) is 23.6 Å². The molecule has 1 amide bonds. The minimum absolute atomic E-state index is 0.193. The number of benzene rings is 3. The second-order valence-electron chi connectivity index (χ2n) is 9.63. The summed E-state index contributed by atoms with van der Waals surface area (Å²) in [5.74, 6) is -0.644. The molecule has 8 heteroatoms. The van der Waals surface area contributed by atoms with Gasteiger partial charge in [0, 0.05) is 18.0 Å². The Bertz CT molecular complexity index is 1860. The first-order valence-corrected chi connectivity index (χ1v) is 12.9. The van der Waals surface area contributed by atoms with Crippen molar-refractivity contribution >= 4 is 28.4 Å². The zero-order valence-corrected chi connectivity index (χ0v) is 21.7. The third-order valence-corrected chi connectivity index (χ3v) is 6.95. The van der Waals surface area contributed by atoms with Crippen LogP contribution < -0.4 is 5.32 Å². The minimum Gasteiger partial charge on any atom is -0.478 e. The average molecular weight is 528 g/mol. The molecular weight excluding hydrogens is 502 g/mol. The third-order valence-electron chi connectivity index (χ3n) is 6.95. The lowest BCUT2D eigenvalue weighted by molar-refractivity contribution is 0.0696. The van der Waals surface area contributed by atoms with E-state index in [1.807, 2.05) is 73.7 Å². The van der Waals surface area contributed by atoms with E-state index in [1.54, 1.807) is 22.7 Å². The molecule has 0 unspecified atom stereocenters. The molecule has 196 valence electrons. The maximum atomic E-state index is 13.8. The number of hydrogen-bond donors (Lipinski definition) is 2. The molecular formula is C32H25N5O3. The number of aromatic nitrogens is 4. The van der Waals surface area contributed by atoms with Gasteiger partial charge in [-0.15, -0.1) is 10.2 Å². The second-order valence-corrected chi connectivity index (χ2v) is 9.63. The fourth-order valence-corrected chi connectivity index (χ4v) is 4.84. The highest BCUT2D eigenvalue weighted by molar-refractivity contribution is 5.95. The number of carbonyl (C=O) groups excluding carboxylic acids is 1. The Hall–Kier alpha value is -5.37. The molecule has 0 aliphatic heterocycles. The van der Waals surface area contributed by atoms with Crippen LogP contribution in [0.3, 0.4) is 0 Å². The van der Waals surface area contributed by atoms with Crippen LogP contribution in [0, 0.1) is 0 Å². The first-order valence-electron chi connectivity index (χ1n) is 12.9. The summed E-state index contributed by atoms with van der Waals surface area (Å²) < 4.78 is 1.80. The largest absolute Gasteiger partial charge is 0.478 e. The van der Waals surface area contributed by atoms with Gasteiger partial charge in [0.25, 0.3) is 5.91 Å². The van der Waals surface area contributed by atoms with Crippen molar-refractivity contribution in [1.29, 1.82) is 0 Å². The van der Waals surface area contributed by atoms with E-state index in [9.17, 15) is 14.7 Å². The standard InChI is InChI=1S/C32H25N5O3/c1-20(22-10-12-24(13-11-22)32(39)40)34-31(38)28-18-26(23-6-3-2-4-7-23)19-30-36-35-29(37(28)30)17-21-9-14-27-25(16-21)8-5-15-33-27/h2-16,18-20H,17H2,1H3,(H,34,38)(H,39,40)/t20-/m0/s1. The van der Waals surface area contributed by atoms with Gasteiger partial charge in [0.15, 0.2) is 5.65 Å². The van der Waals surface area contributed by atoms with Crippen LogP contribution in [-0.2, 0) is 6.42 Å². The first kappa shape index (κ1) is 24.9. The predicted molar refractivity (Wildman–Crippen MR) is 152 cm³/mol. The molecule has 3 aromatic heterocycles. The van der Waals surface area contributed by atoms with Crippen molar-refractivity contribution in [3.63, 3.8) is 0 Å². The maximum absolute atomic E-state index is 13.8. The topological polar surface area (TPSA) is 109 Å². The molecule has 0 fully saturated rings. The number of aromatic carboxylic acids is 1. The molecule has 0 aliphatic rings. The van der Waals surface area contributed by atoms with E-state index >= 15 is 0 Å². The lowest BCUT2D eigenvalue weighted by atomic mass is 10.0. The lowest BCUT2D eigenvalue weighted by Crippen LogP contribution is -2.28. The van der Waals surface area contributed by atoms with E-state index in [1.165, 1.54) is 12.1 Å². The monoisotopic (exact) mass is 527 g/mol. The summed E-state index contributed by atoms with van der Waals surface area (Å²) in [6, 6.07) is 29.7.